The Balaban J connectivity index is 2.22. The van der Waals surface area contributed by atoms with E-state index in [2.05, 4.69) is 10.6 Å². The third kappa shape index (κ3) is 8.73. The van der Waals surface area contributed by atoms with Crippen molar-refractivity contribution in [2.45, 2.75) is 31.9 Å². The Morgan fingerprint density at radius 3 is 2.62 bits per heavy atom. The van der Waals surface area contributed by atoms with Gasteiger partial charge in [-0.3, -0.25) is 0 Å². The molecule has 2 amide bonds. The first kappa shape index (κ1) is 21.8. The summed E-state index contributed by atoms with van der Waals surface area (Å²) >= 11 is 0. The van der Waals surface area contributed by atoms with Gasteiger partial charge >= 0.3 is 123 Å². The number of hydrogen-bond donors (Lipinski definition) is 2. The molecule has 0 spiro atoms. The van der Waals surface area contributed by atoms with Crippen molar-refractivity contribution in [1.29, 1.82) is 0 Å². The summed E-state index contributed by atoms with van der Waals surface area (Å²) < 4.78 is 15.6. The van der Waals surface area contributed by atoms with Crippen molar-refractivity contribution in [2.24, 2.45) is 0 Å². The van der Waals surface area contributed by atoms with Crippen LogP contribution in [0, 0.1) is 0 Å². The molecule has 0 aliphatic rings. The molecule has 0 heterocycles. The zero-order chi connectivity index (χ0) is 19.2. The summed E-state index contributed by atoms with van der Waals surface area (Å²) in [5.74, 6) is -0.246. The zero-order valence-electron chi connectivity index (χ0n) is 15.3. The van der Waals surface area contributed by atoms with Gasteiger partial charge in [0.1, 0.15) is 0 Å². The molecule has 9 heteroatoms. The van der Waals surface area contributed by atoms with Crippen molar-refractivity contribution in [2.75, 3.05) is 27.1 Å². The first-order valence-corrected chi connectivity index (χ1v) is 8.51. The molecule has 0 saturated heterocycles. The Labute approximate surface area is 154 Å². The van der Waals surface area contributed by atoms with Crippen molar-refractivity contribution in [3.63, 3.8) is 0 Å². The first-order chi connectivity index (χ1) is 12.6. The van der Waals surface area contributed by atoms with Crippen LogP contribution in [0.25, 0.3) is 0 Å². The third-order valence-corrected chi connectivity index (χ3v) is 3.73. The fraction of sp³-hybridized carbons (Fsp3) is 0.529. The number of carbonyl (C=O) groups excluding carboxylic acids is 2. The van der Waals surface area contributed by atoms with Crippen LogP contribution in [-0.4, -0.2) is 57.4 Å². The summed E-state index contributed by atoms with van der Waals surface area (Å²) in [6.45, 7) is 0.671. The molecule has 0 aromatic heterocycles. The Morgan fingerprint density at radius 1 is 1.23 bits per heavy atom. The van der Waals surface area contributed by atoms with Gasteiger partial charge in [-0.05, 0) is 0 Å². The number of hydroxylamine groups is 2. The first-order valence-electron chi connectivity index (χ1n) is 8.51. The van der Waals surface area contributed by atoms with Gasteiger partial charge in [-0.15, -0.1) is 0 Å². The normalized spacial score (nSPS) is 11.3. The zero-order valence-corrected chi connectivity index (χ0v) is 15.3. The minimum absolute atomic E-state index is 0.0953. The molecule has 26 heavy (non-hydrogen) atoms. The number of alkyl carbamates (subject to hydrolysis) is 1. The van der Waals surface area contributed by atoms with E-state index < -0.39 is 12.1 Å². The number of carbonyl (C=O) groups is 2. The molecule has 1 aromatic carbocycles. The van der Waals surface area contributed by atoms with Crippen LogP contribution in [0.1, 0.15) is 24.8 Å². The van der Waals surface area contributed by atoms with Crippen molar-refractivity contribution < 1.29 is 23.9 Å². The molecule has 1 unspecified atom stereocenters. The minimum atomic E-state index is -0.504. The van der Waals surface area contributed by atoms with Gasteiger partial charge in [0.25, 0.3) is 0 Å². The maximum atomic E-state index is 12.1. The monoisotopic (exact) mass is 363 g/mol. The second-order valence-corrected chi connectivity index (χ2v) is 5.63. The molecule has 1 rings (SSSR count). The third-order valence-electron chi connectivity index (χ3n) is 3.73. The molecule has 1 aromatic rings. The molecule has 8 nitrogen and oxygen atoms in total. The predicted molar refractivity (Wildman–Crippen MR) is 96.5 cm³/mol. The number of benzene rings is 1. The molecular formula is C17H26BN3O5. The van der Waals surface area contributed by atoms with E-state index in [1.807, 2.05) is 30.3 Å². The average Bonchev–Trinajstić information content (AvgIpc) is 2.68. The second-order valence-electron chi connectivity index (χ2n) is 5.63. The van der Waals surface area contributed by atoms with Crippen LogP contribution < -0.4 is 10.6 Å². The Kier molecular flexibility index (Phi) is 10.9. The molecular weight excluding hydrogens is 337 g/mol. The fourth-order valence-electron chi connectivity index (χ4n) is 2.25. The van der Waals surface area contributed by atoms with Crippen LogP contribution in [0.4, 0.5) is 4.79 Å². The number of amides is 2. The van der Waals surface area contributed by atoms with E-state index in [9.17, 15) is 14.3 Å². The van der Waals surface area contributed by atoms with Crippen LogP contribution in [0.3, 0.4) is 0 Å². The molecule has 1 atom stereocenters. The van der Waals surface area contributed by atoms with Crippen molar-refractivity contribution >= 4 is 19.2 Å². The van der Waals surface area contributed by atoms with E-state index in [0.29, 0.717) is 33.0 Å². The standard InChI is InChI=1S/C17H26BN3O5/c1-21(25-2)16(22)15(20-13-18-24)10-6-7-11-19-17(23)26-12-14-8-4-3-5-9-14/h3-5,8-9,15,20H,6-7,10-13H2,1-2H3,(H,19,23). The van der Waals surface area contributed by atoms with E-state index in [-0.39, 0.29) is 19.0 Å². The predicted octanol–water partition coefficient (Wildman–Crippen LogP) is 1.07. The van der Waals surface area contributed by atoms with Crippen LogP contribution in [0.2, 0.25) is 0 Å². The van der Waals surface area contributed by atoms with Crippen LogP contribution in [0.15, 0.2) is 30.3 Å². The molecule has 0 fully saturated rings. The number of unbranched alkanes of at least 4 members (excludes halogenated alkanes) is 1. The number of nitrogens with one attached hydrogen (secondary N) is 2. The summed E-state index contributed by atoms with van der Waals surface area (Å²) in [6, 6.07) is 8.93. The molecule has 142 valence electrons. The molecule has 0 aliphatic carbocycles. The molecule has 2 N–H and O–H groups in total. The Bertz CT molecular complexity index is 559. The fourth-order valence-corrected chi connectivity index (χ4v) is 2.25. The quantitative estimate of drug-likeness (QED) is 0.328. The summed E-state index contributed by atoms with van der Waals surface area (Å²) in [5, 5.41) is 6.67. The van der Waals surface area contributed by atoms with Gasteiger partial charge in [-0.1, -0.05) is 30.3 Å². The van der Waals surface area contributed by atoms with Gasteiger partial charge in [0.15, 0.2) is 0 Å². The summed E-state index contributed by atoms with van der Waals surface area (Å²) in [5.41, 5.74) is 0.924. The number of likely N-dealkylation sites (N-methyl/N-ethyl adjacent to an activating group) is 1. The van der Waals surface area contributed by atoms with E-state index in [1.165, 1.54) is 14.2 Å². The Morgan fingerprint density at radius 2 is 1.96 bits per heavy atom. The summed E-state index contributed by atoms with van der Waals surface area (Å²) in [6.07, 6.45) is 1.53. The van der Waals surface area contributed by atoms with E-state index in [0.717, 1.165) is 10.6 Å². The molecule has 0 aliphatic heterocycles. The van der Waals surface area contributed by atoms with Gasteiger partial charge < -0.3 is 0 Å². The summed E-state index contributed by atoms with van der Waals surface area (Å²) in [4.78, 5) is 28.6. The van der Waals surface area contributed by atoms with Gasteiger partial charge in [-0.2, -0.15) is 0 Å². The van der Waals surface area contributed by atoms with E-state index in [4.69, 9.17) is 9.57 Å². The van der Waals surface area contributed by atoms with Crippen molar-refractivity contribution in [3.8, 4) is 0 Å². The van der Waals surface area contributed by atoms with Gasteiger partial charge in [0, 0.05) is 0 Å². The summed E-state index contributed by atoms with van der Waals surface area (Å²) in [7, 11) is 3.62. The molecule has 0 radical (unpaired) electrons. The van der Waals surface area contributed by atoms with E-state index in [1.54, 1.807) is 0 Å². The molecule has 0 saturated carbocycles. The van der Waals surface area contributed by atoms with E-state index >= 15 is 0 Å². The second kappa shape index (κ2) is 13.0. The van der Waals surface area contributed by atoms with Gasteiger partial charge in [0.05, 0.1) is 0 Å². The maximum absolute atomic E-state index is 12.1. The number of hydrogen-bond acceptors (Lipinski definition) is 6. The van der Waals surface area contributed by atoms with Gasteiger partial charge in [-0.25, -0.2) is 0 Å². The van der Waals surface area contributed by atoms with Crippen LogP contribution in [0.5, 0.6) is 0 Å². The molecule has 0 bridgehead atoms. The number of nitrogens with zero attached hydrogens (tertiary/aromatic N) is 1. The van der Waals surface area contributed by atoms with Crippen molar-refractivity contribution in [3.05, 3.63) is 35.9 Å². The van der Waals surface area contributed by atoms with Crippen molar-refractivity contribution in [1.82, 2.24) is 15.7 Å². The van der Waals surface area contributed by atoms with Crippen LogP contribution >= 0.6 is 0 Å². The Hall–Kier alpha value is -2.26. The van der Waals surface area contributed by atoms with Crippen LogP contribution in [-0.2, 0) is 25.7 Å². The van der Waals surface area contributed by atoms with Gasteiger partial charge in [0.2, 0.25) is 0 Å². The SMILES string of the molecule is CON(C)C(=O)C(CCCCNC(=O)OCc1ccccc1)NCB=O. The average molecular weight is 363 g/mol. The topological polar surface area (TPSA) is 97.0 Å². The number of ether oxygens (including phenoxy) is 1. The number of rotatable bonds is 12.